The molecule has 0 aliphatic heterocycles. The highest BCUT2D eigenvalue weighted by atomic mass is 16.3. The molecule has 2 rings (SSSR count). The highest BCUT2D eigenvalue weighted by molar-refractivity contribution is 5.37. The van der Waals surface area contributed by atoms with Gasteiger partial charge < -0.3 is 15.5 Å². The molecule has 0 bridgehead atoms. The SMILES string of the molecule is Cc1ccc(C(C)NC2CCCC(O)C2)c(O)c1. The van der Waals surface area contributed by atoms with Crippen molar-refractivity contribution >= 4 is 0 Å². The predicted molar refractivity (Wildman–Crippen MR) is 72.7 cm³/mol. The Kier molecular flexibility index (Phi) is 4.25. The summed E-state index contributed by atoms with van der Waals surface area (Å²) in [6.45, 7) is 4.03. The lowest BCUT2D eigenvalue weighted by Crippen LogP contribution is -2.37. The Balaban J connectivity index is 2.00. The fourth-order valence-corrected chi connectivity index (χ4v) is 2.78. The lowest BCUT2D eigenvalue weighted by atomic mass is 9.92. The van der Waals surface area contributed by atoms with Gasteiger partial charge in [-0.2, -0.15) is 0 Å². The van der Waals surface area contributed by atoms with Gasteiger partial charge in [0.15, 0.2) is 0 Å². The highest BCUT2D eigenvalue weighted by Crippen LogP contribution is 2.27. The van der Waals surface area contributed by atoms with Crippen molar-refractivity contribution in [2.24, 2.45) is 0 Å². The van der Waals surface area contributed by atoms with Gasteiger partial charge in [-0.05, 0) is 51.2 Å². The van der Waals surface area contributed by atoms with Crippen LogP contribution in [0.5, 0.6) is 5.75 Å². The first-order valence-electron chi connectivity index (χ1n) is 6.80. The molecule has 1 aromatic carbocycles. The van der Waals surface area contributed by atoms with Crippen LogP contribution < -0.4 is 5.32 Å². The summed E-state index contributed by atoms with van der Waals surface area (Å²) in [5.74, 6) is 0.353. The van der Waals surface area contributed by atoms with E-state index in [1.165, 1.54) is 0 Å². The number of phenolic OH excluding ortho intramolecular Hbond substituents is 1. The largest absolute Gasteiger partial charge is 0.508 e. The minimum absolute atomic E-state index is 0.112. The number of rotatable bonds is 3. The molecule has 0 amide bonds. The van der Waals surface area contributed by atoms with Crippen LogP contribution in [0.2, 0.25) is 0 Å². The quantitative estimate of drug-likeness (QED) is 0.772. The van der Waals surface area contributed by atoms with Crippen molar-refractivity contribution in [2.45, 2.75) is 57.7 Å². The summed E-state index contributed by atoms with van der Waals surface area (Å²) in [5.41, 5.74) is 2.00. The summed E-state index contributed by atoms with van der Waals surface area (Å²) in [4.78, 5) is 0. The Bertz CT molecular complexity index is 405. The third-order valence-corrected chi connectivity index (χ3v) is 3.78. The first-order chi connectivity index (χ1) is 8.56. The zero-order valence-electron chi connectivity index (χ0n) is 11.2. The number of hydrogen-bond donors (Lipinski definition) is 3. The Labute approximate surface area is 109 Å². The summed E-state index contributed by atoms with van der Waals surface area (Å²) >= 11 is 0. The summed E-state index contributed by atoms with van der Waals surface area (Å²) in [7, 11) is 0. The van der Waals surface area contributed by atoms with E-state index in [2.05, 4.69) is 12.2 Å². The molecule has 1 aliphatic carbocycles. The van der Waals surface area contributed by atoms with Crippen LogP contribution in [0, 0.1) is 6.92 Å². The lowest BCUT2D eigenvalue weighted by molar-refractivity contribution is 0.109. The molecular weight excluding hydrogens is 226 g/mol. The molecule has 3 N–H and O–H groups in total. The lowest BCUT2D eigenvalue weighted by Gasteiger charge is -2.29. The van der Waals surface area contributed by atoms with E-state index in [4.69, 9.17) is 0 Å². The zero-order chi connectivity index (χ0) is 13.1. The van der Waals surface area contributed by atoms with Crippen LogP contribution in [-0.4, -0.2) is 22.4 Å². The van der Waals surface area contributed by atoms with Gasteiger partial charge in [-0.15, -0.1) is 0 Å². The van der Waals surface area contributed by atoms with Crippen molar-refractivity contribution in [1.82, 2.24) is 5.32 Å². The molecule has 3 nitrogen and oxygen atoms in total. The number of aromatic hydroxyl groups is 1. The minimum atomic E-state index is -0.171. The van der Waals surface area contributed by atoms with E-state index < -0.39 is 0 Å². The summed E-state index contributed by atoms with van der Waals surface area (Å²) in [5, 5.41) is 23.1. The van der Waals surface area contributed by atoms with Crippen molar-refractivity contribution in [3.8, 4) is 5.75 Å². The maximum Gasteiger partial charge on any atom is 0.120 e. The average Bonchev–Trinajstić information content (AvgIpc) is 2.28. The molecule has 100 valence electrons. The monoisotopic (exact) mass is 249 g/mol. The highest BCUT2D eigenvalue weighted by Gasteiger charge is 2.22. The number of aliphatic hydroxyl groups is 1. The summed E-state index contributed by atoms with van der Waals surface area (Å²) in [6.07, 6.45) is 3.74. The van der Waals surface area contributed by atoms with Gasteiger partial charge >= 0.3 is 0 Å². The Hall–Kier alpha value is -1.06. The third kappa shape index (κ3) is 3.24. The number of aliphatic hydroxyl groups excluding tert-OH is 1. The van der Waals surface area contributed by atoms with E-state index in [1.807, 2.05) is 19.1 Å². The van der Waals surface area contributed by atoms with Gasteiger partial charge in [0.25, 0.3) is 0 Å². The average molecular weight is 249 g/mol. The first kappa shape index (κ1) is 13.4. The van der Waals surface area contributed by atoms with Crippen LogP contribution in [0.3, 0.4) is 0 Å². The fraction of sp³-hybridized carbons (Fsp3) is 0.600. The first-order valence-corrected chi connectivity index (χ1v) is 6.80. The van der Waals surface area contributed by atoms with Gasteiger partial charge in [-0.25, -0.2) is 0 Å². The van der Waals surface area contributed by atoms with Gasteiger partial charge in [0, 0.05) is 17.6 Å². The van der Waals surface area contributed by atoms with Crippen LogP contribution in [-0.2, 0) is 0 Å². The predicted octanol–water partition coefficient (Wildman–Crippen LogP) is 2.65. The molecule has 1 aliphatic rings. The van der Waals surface area contributed by atoms with Crippen LogP contribution in [0.1, 0.15) is 49.8 Å². The Morgan fingerprint density at radius 2 is 2.11 bits per heavy atom. The molecule has 3 atom stereocenters. The molecule has 3 unspecified atom stereocenters. The molecular formula is C15H23NO2. The zero-order valence-corrected chi connectivity index (χ0v) is 11.2. The molecule has 3 heteroatoms. The molecule has 0 aromatic heterocycles. The van der Waals surface area contributed by atoms with Gasteiger partial charge in [-0.1, -0.05) is 12.1 Å². The maximum absolute atomic E-state index is 9.95. The smallest absolute Gasteiger partial charge is 0.120 e. The molecule has 0 spiro atoms. The second kappa shape index (κ2) is 5.72. The number of aryl methyl sites for hydroxylation is 1. The fourth-order valence-electron chi connectivity index (χ4n) is 2.78. The Morgan fingerprint density at radius 1 is 1.33 bits per heavy atom. The van der Waals surface area contributed by atoms with E-state index in [0.717, 1.165) is 36.8 Å². The third-order valence-electron chi connectivity index (χ3n) is 3.78. The molecule has 0 radical (unpaired) electrons. The van der Waals surface area contributed by atoms with Crippen molar-refractivity contribution in [1.29, 1.82) is 0 Å². The number of benzene rings is 1. The van der Waals surface area contributed by atoms with E-state index >= 15 is 0 Å². The summed E-state index contributed by atoms with van der Waals surface area (Å²) < 4.78 is 0. The van der Waals surface area contributed by atoms with Crippen LogP contribution >= 0.6 is 0 Å². The maximum atomic E-state index is 9.95. The minimum Gasteiger partial charge on any atom is -0.508 e. The normalized spacial score (nSPS) is 25.9. The standard InChI is InChI=1S/C15H23NO2/c1-10-6-7-14(15(18)8-10)11(2)16-12-4-3-5-13(17)9-12/h6-8,11-13,16-18H,3-5,9H2,1-2H3. The molecule has 18 heavy (non-hydrogen) atoms. The van der Waals surface area contributed by atoms with Crippen molar-refractivity contribution < 1.29 is 10.2 Å². The molecule has 0 heterocycles. The molecule has 0 saturated heterocycles. The van der Waals surface area contributed by atoms with Crippen molar-refractivity contribution in [2.75, 3.05) is 0 Å². The van der Waals surface area contributed by atoms with Crippen molar-refractivity contribution in [3.05, 3.63) is 29.3 Å². The van der Waals surface area contributed by atoms with Crippen LogP contribution in [0.15, 0.2) is 18.2 Å². The Morgan fingerprint density at radius 3 is 2.78 bits per heavy atom. The second-order valence-corrected chi connectivity index (χ2v) is 5.47. The van der Waals surface area contributed by atoms with E-state index in [-0.39, 0.29) is 12.1 Å². The number of phenols is 1. The van der Waals surface area contributed by atoms with Gasteiger partial charge in [0.05, 0.1) is 6.10 Å². The second-order valence-electron chi connectivity index (χ2n) is 5.47. The van der Waals surface area contributed by atoms with E-state index in [9.17, 15) is 10.2 Å². The van der Waals surface area contributed by atoms with Crippen molar-refractivity contribution in [3.63, 3.8) is 0 Å². The molecule has 1 fully saturated rings. The van der Waals surface area contributed by atoms with Crippen LogP contribution in [0.4, 0.5) is 0 Å². The van der Waals surface area contributed by atoms with E-state index in [1.54, 1.807) is 6.07 Å². The molecule has 1 saturated carbocycles. The van der Waals surface area contributed by atoms with E-state index in [0.29, 0.717) is 11.8 Å². The molecule has 1 aromatic rings. The van der Waals surface area contributed by atoms with Crippen LogP contribution in [0.25, 0.3) is 0 Å². The summed E-state index contributed by atoms with van der Waals surface area (Å²) in [6, 6.07) is 6.25. The van der Waals surface area contributed by atoms with Gasteiger partial charge in [0.1, 0.15) is 5.75 Å². The van der Waals surface area contributed by atoms with Gasteiger partial charge in [0.2, 0.25) is 0 Å². The topological polar surface area (TPSA) is 52.5 Å². The number of nitrogens with one attached hydrogen (secondary N) is 1. The van der Waals surface area contributed by atoms with Gasteiger partial charge in [-0.3, -0.25) is 0 Å². The number of hydrogen-bond acceptors (Lipinski definition) is 3.